The maximum atomic E-state index is 3.52. The Morgan fingerprint density at radius 2 is 2.00 bits per heavy atom. The van der Waals surface area contributed by atoms with Crippen molar-refractivity contribution in [3.05, 3.63) is 50.6 Å². The van der Waals surface area contributed by atoms with Crippen LogP contribution < -0.4 is 5.32 Å². The standard InChI is InChI=1S/C12H12BrNS/c1-9-12(13)7-11(15-9)8-14-10-5-3-2-4-6-10/h2-7,14H,8H2,1H3. The topological polar surface area (TPSA) is 12.0 Å². The molecule has 0 saturated carbocycles. The predicted octanol–water partition coefficient (Wildman–Crippen LogP) is 4.43. The fourth-order valence-electron chi connectivity index (χ4n) is 1.35. The molecule has 1 nitrogen and oxygen atoms in total. The number of hydrogen-bond acceptors (Lipinski definition) is 2. The van der Waals surface area contributed by atoms with Gasteiger partial charge < -0.3 is 5.32 Å². The van der Waals surface area contributed by atoms with Gasteiger partial charge in [-0.15, -0.1) is 11.3 Å². The third-order valence-corrected chi connectivity index (χ3v) is 4.29. The van der Waals surface area contributed by atoms with Gasteiger partial charge in [0.05, 0.1) is 0 Å². The highest BCUT2D eigenvalue weighted by Crippen LogP contribution is 2.26. The minimum atomic E-state index is 0.890. The Balaban J connectivity index is 1.99. The fraction of sp³-hybridized carbons (Fsp3) is 0.167. The molecule has 0 amide bonds. The maximum Gasteiger partial charge on any atom is 0.0494 e. The normalized spacial score (nSPS) is 10.3. The first-order valence-corrected chi connectivity index (χ1v) is 6.40. The van der Waals surface area contributed by atoms with Crippen LogP contribution in [0.5, 0.6) is 0 Å². The van der Waals surface area contributed by atoms with Crippen LogP contribution >= 0.6 is 27.3 Å². The number of benzene rings is 1. The summed E-state index contributed by atoms with van der Waals surface area (Å²) in [6.45, 7) is 3.02. The molecule has 2 aromatic rings. The highest BCUT2D eigenvalue weighted by Gasteiger charge is 2.01. The third kappa shape index (κ3) is 2.83. The number of halogens is 1. The van der Waals surface area contributed by atoms with Crippen molar-refractivity contribution in [2.24, 2.45) is 0 Å². The summed E-state index contributed by atoms with van der Waals surface area (Å²) in [5.74, 6) is 0. The van der Waals surface area contributed by atoms with Crippen LogP contribution in [0, 0.1) is 6.92 Å². The van der Waals surface area contributed by atoms with Gasteiger partial charge >= 0.3 is 0 Å². The quantitative estimate of drug-likeness (QED) is 0.878. The van der Waals surface area contributed by atoms with Gasteiger partial charge in [0.25, 0.3) is 0 Å². The van der Waals surface area contributed by atoms with Crippen LogP contribution in [0.2, 0.25) is 0 Å². The molecular weight excluding hydrogens is 270 g/mol. The minimum absolute atomic E-state index is 0.890. The molecule has 0 saturated heterocycles. The summed E-state index contributed by atoms with van der Waals surface area (Å²) in [5, 5.41) is 3.39. The smallest absolute Gasteiger partial charge is 0.0494 e. The Kier molecular flexibility index (Phi) is 3.44. The number of para-hydroxylation sites is 1. The Bertz CT molecular complexity index is 417. The monoisotopic (exact) mass is 281 g/mol. The Labute approximate surface area is 102 Å². The molecule has 0 aliphatic heterocycles. The van der Waals surface area contributed by atoms with Crippen molar-refractivity contribution < 1.29 is 0 Å². The molecule has 2 rings (SSSR count). The van der Waals surface area contributed by atoms with Crippen molar-refractivity contribution >= 4 is 33.0 Å². The van der Waals surface area contributed by atoms with Crippen molar-refractivity contribution in [3.8, 4) is 0 Å². The lowest BCUT2D eigenvalue weighted by Gasteiger charge is -2.03. The zero-order chi connectivity index (χ0) is 10.7. The molecule has 0 radical (unpaired) electrons. The number of thiophene rings is 1. The fourth-order valence-corrected chi connectivity index (χ4v) is 2.89. The van der Waals surface area contributed by atoms with E-state index in [0.717, 1.165) is 6.54 Å². The third-order valence-electron chi connectivity index (χ3n) is 2.15. The van der Waals surface area contributed by atoms with Gasteiger partial charge in [-0.05, 0) is 41.1 Å². The number of anilines is 1. The molecule has 1 heterocycles. The van der Waals surface area contributed by atoms with Crippen LogP contribution in [0.15, 0.2) is 40.9 Å². The van der Waals surface area contributed by atoms with Crippen molar-refractivity contribution in [1.29, 1.82) is 0 Å². The zero-order valence-electron chi connectivity index (χ0n) is 8.46. The van der Waals surface area contributed by atoms with E-state index in [2.05, 4.69) is 46.4 Å². The van der Waals surface area contributed by atoms with Gasteiger partial charge in [-0.3, -0.25) is 0 Å². The number of rotatable bonds is 3. The van der Waals surface area contributed by atoms with E-state index in [1.165, 1.54) is 19.9 Å². The summed E-state index contributed by atoms with van der Waals surface area (Å²) in [6.07, 6.45) is 0. The highest BCUT2D eigenvalue weighted by atomic mass is 79.9. The summed E-state index contributed by atoms with van der Waals surface area (Å²) in [7, 11) is 0. The van der Waals surface area contributed by atoms with Crippen molar-refractivity contribution in [2.45, 2.75) is 13.5 Å². The van der Waals surface area contributed by atoms with Crippen LogP contribution in [0.1, 0.15) is 9.75 Å². The molecule has 0 unspecified atom stereocenters. The lowest BCUT2D eigenvalue weighted by Crippen LogP contribution is -1.96. The van der Waals surface area contributed by atoms with E-state index in [1.807, 2.05) is 29.5 Å². The average Bonchev–Trinajstić information content (AvgIpc) is 2.57. The molecule has 1 N–H and O–H groups in total. The van der Waals surface area contributed by atoms with E-state index >= 15 is 0 Å². The largest absolute Gasteiger partial charge is 0.380 e. The van der Waals surface area contributed by atoms with Crippen LogP contribution in [0.4, 0.5) is 5.69 Å². The Morgan fingerprint density at radius 3 is 2.60 bits per heavy atom. The van der Waals surface area contributed by atoms with Gasteiger partial charge in [-0.2, -0.15) is 0 Å². The molecule has 0 aliphatic carbocycles. The summed E-state index contributed by atoms with van der Waals surface area (Å²) in [5.41, 5.74) is 1.17. The van der Waals surface area contributed by atoms with Gasteiger partial charge in [-0.1, -0.05) is 18.2 Å². The van der Waals surface area contributed by atoms with E-state index in [1.54, 1.807) is 0 Å². The average molecular weight is 282 g/mol. The molecule has 15 heavy (non-hydrogen) atoms. The molecule has 0 atom stereocenters. The SMILES string of the molecule is Cc1sc(CNc2ccccc2)cc1Br. The van der Waals surface area contributed by atoms with Crippen LogP contribution in [0.3, 0.4) is 0 Å². The second-order valence-corrected chi connectivity index (χ2v) is 5.53. The van der Waals surface area contributed by atoms with Crippen LogP contribution in [-0.2, 0) is 6.54 Å². The first-order chi connectivity index (χ1) is 7.25. The maximum absolute atomic E-state index is 3.52. The van der Waals surface area contributed by atoms with Crippen LogP contribution in [0.25, 0.3) is 0 Å². The number of hydrogen-bond donors (Lipinski definition) is 1. The van der Waals surface area contributed by atoms with Crippen molar-refractivity contribution in [2.75, 3.05) is 5.32 Å². The summed E-state index contributed by atoms with van der Waals surface area (Å²) >= 11 is 5.35. The van der Waals surface area contributed by atoms with Gasteiger partial charge in [0.2, 0.25) is 0 Å². The second-order valence-electron chi connectivity index (χ2n) is 3.34. The van der Waals surface area contributed by atoms with E-state index in [-0.39, 0.29) is 0 Å². The lowest BCUT2D eigenvalue weighted by atomic mass is 10.3. The summed E-state index contributed by atoms with van der Waals surface area (Å²) < 4.78 is 1.21. The van der Waals surface area contributed by atoms with Gasteiger partial charge in [0.15, 0.2) is 0 Å². The van der Waals surface area contributed by atoms with E-state index in [4.69, 9.17) is 0 Å². The van der Waals surface area contributed by atoms with Crippen molar-refractivity contribution in [1.82, 2.24) is 0 Å². The molecule has 0 bridgehead atoms. The van der Waals surface area contributed by atoms with E-state index in [9.17, 15) is 0 Å². The van der Waals surface area contributed by atoms with E-state index in [0.29, 0.717) is 0 Å². The number of nitrogens with one attached hydrogen (secondary N) is 1. The van der Waals surface area contributed by atoms with Crippen LogP contribution in [-0.4, -0.2) is 0 Å². The molecule has 0 fully saturated rings. The molecular formula is C12H12BrNS. The highest BCUT2D eigenvalue weighted by molar-refractivity contribution is 9.10. The molecule has 1 aromatic carbocycles. The van der Waals surface area contributed by atoms with Gasteiger partial charge in [0, 0.05) is 26.5 Å². The predicted molar refractivity (Wildman–Crippen MR) is 70.5 cm³/mol. The van der Waals surface area contributed by atoms with Crippen molar-refractivity contribution in [3.63, 3.8) is 0 Å². The Hall–Kier alpha value is -0.800. The second kappa shape index (κ2) is 4.81. The molecule has 0 spiro atoms. The first kappa shape index (κ1) is 10.7. The number of aryl methyl sites for hydroxylation is 1. The molecule has 0 aliphatic rings. The first-order valence-electron chi connectivity index (χ1n) is 4.79. The molecule has 1 aromatic heterocycles. The minimum Gasteiger partial charge on any atom is -0.380 e. The van der Waals surface area contributed by atoms with Gasteiger partial charge in [0.1, 0.15) is 0 Å². The zero-order valence-corrected chi connectivity index (χ0v) is 10.9. The molecule has 78 valence electrons. The van der Waals surface area contributed by atoms with Gasteiger partial charge in [-0.25, -0.2) is 0 Å². The Morgan fingerprint density at radius 1 is 1.27 bits per heavy atom. The van der Waals surface area contributed by atoms with E-state index < -0.39 is 0 Å². The lowest BCUT2D eigenvalue weighted by molar-refractivity contribution is 1.19. The summed E-state index contributed by atoms with van der Waals surface area (Å²) in [4.78, 5) is 2.68. The molecule has 3 heteroatoms. The summed E-state index contributed by atoms with van der Waals surface area (Å²) in [6, 6.07) is 12.4.